The molecule has 0 radical (unpaired) electrons. The van der Waals surface area contributed by atoms with E-state index in [1.165, 1.54) is 6.07 Å². The van der Waals surface area contributed by atoms with E-state index < -0.39 is 23.9 Å². The molecule has 6 heteroatoms. The molecule has 96 valence electrons. The van der Waals surface area contributed by atoms with Gasteiger partial charge in [0.25, 0.3) is 0 Å². The lowest BCUT2D eigenvalue weighted by atomic mass is 9.98. The molecule has 3 N–H and O–H groups in total. The van der Waals surface area contributed by atoms with Crippen molar-refractivity contribution < 1.29 is 18.3 Å². The van der Waals surface area contributed by atoms with Crippen molar-refractivity contribution in [2.75, 3.05) is 0 Å². The van der Waals surface area contributed by atoms with Gasteiger partial charge in [-0.2, -0.15) is 13.2 Å². The Morgan fingerprint density at radius 2 is 1.94 bits per heavy atom. The van der Waals surface area contributed by atoms with Gasteiger partial charge in [0, 0.05) is 5.02 Å². The number of alkyl halides is 3. The highest BCUT2D eigenvalue weighted by atomic mass is 35.5. The predicted molar refractivity (Wildman–Crippen MR) is 59.7 cm³/mol. The normalized spacial score (nSPS) is 15.7. The van der Waals surface area contributed by atoms with Crippen LogP contribution in [-0.4, -0.2) is 11.2 Å². The van der Waals surface area contributed by atoms with Crippen LogP contribution in [0.5, 0.6) is 0 Å². The van der Waals surface area contributed by atoms with Gasteiger partial charge in [-0.1, -0.05) is 18.5 Å². The smallest absolute Gasteiger partial charge is 0.391 e. The van der Waals surface area contributed by atoms with Crippen LogP contribution >= 0.6 is 11.6 Å². The topological polar surface area (TPSA) is 46.2 Å². The maximum Gasteiger partial charge on any atom is 0.416 e. The van der Waals surface area contributed by atoms with Crippen molar-refractivity contribution in [1.29, 1.82) is 0 Å². The molecule has 1 aromatic rings. The van der Waals surface area contributed by atoms with Gasteiger partial charge in [0.05, 0.1) is 17.7 Å². The van der Waals surface area contributed by atoms with Crippen LogP contribution in [-0.2, 0) is 6.18 Å². The molecule has 0 amide bonds. The molecular weight excluding hydrogens is 255 g/mol. The summed E-state index contributed by atoms with van der Waals surface area (Å²) in [6.45, 7) is 1.69. The van der Waals surface area contributed by atoms with Gasteiger partial charge < -0.3 is 10.8 Å². The first-order chi connectivity index (χ1) is 7.75. The van der Waals surface area contributed by atoms with Crippen LogP contribution in [0, 0.1) is 0 Å². The van der Waals surface area contributed by atoms with Gasteiger partial charge in [-0.05, 0) is 30.2 Å². The highest BCUT2D eigenvalue weighted by Gasteiger charge is 2.32. The fraction of sp³-hybridized carbons (Fsp3) is 0.455. The predicted octanol–water partition coefficient (Wildman–Crippen LogP) is 3.13. The summed E-state index contributed by atoms with van der Waals surface area (Å²) in [5.41, 5.74) is 4.97. The molecule has 17 heavy (non-hydrogen) atoms. The number of aliphatic hydroxyl groups is 1. The first-order valence-corrected chi connectivity index (χ1v) is 5.44. The number of hydrogen-bond donors (Lipinski definition) is 2. The van der Waals surface area contributed by atoms with Crippen LogP contribution in [0.25, 0.3) is 0 Å². The first kappa shape index (κ1) is 14.3. The molecule has 0 saturated heterocycles. The molecular formula is C11H13ClF3NO. The molecule has 0 aromatic heterocycles. The molecule has 2 atom stereocenters. The van der Waals surface area contributed by atoms with Gasteiger partial charge in [0.2, 0.25) is 0 Å². The van der Waals surface area contributed by atoms with Crippen molar-refractivity contribution in [2.45, 2.75) is 31.7 Å². The van der Waals surface area contributed by atoms with E-state index in [4.69, 9.17) is 17.3 Å². The molecule has 2 nitrogen and oxygen atoms in total. The lowest BCUT2D eigenvalue weighted by Gasteiger charge is -2.19. The summed E-state index contributed by atoms with van der Waals surface area (Å²) < 4.78 is 37.6. The average molecular weight is 268 g/mol. The highest BCUT2D eigenvalue weighted by molar-refractivity contribution is 6.30. The Balaban J connectivity index is 3.14. The molecule has 0 fully saturated rings. The third-order valence-electron chi connectivity index (χ3n) is 2.47. The Morgan fingerprint density at radius 1 is 1.35 bits per heavy atom. The molecule has 0 spiro atoms. The SMILES string of the molecule is CC[C@H](O)[C@H](N)c1cc(Cl)cc(C(F)(F)F)c1. The van der Waals surface area contributed by atoms with Crippen LogP contribution in [0.4, 0.5) is 13.2 Å². The van der Waals surface area contributed by atoms with Gasteiger partial charge in [-0.3, -0.25) is 0 Å². The van der Waals surface area contributed by atoms with Crippen molar-refractivity contribution in [3.8, 4) is 0 Å². The summed E-state index contributed by atoms with van der Waals surface area (Å²) >= 11 is 5.61. The van der Waals surface area contributed by atoms with Crippen LogP contribution in [0.2, 0.25) is 5.02 Å². The van der Waals surface area contributed by atoms with Gasteiger partial charge >= 0.3 is 6.18 Å². The second-order valence-corrected chi connectivity index (χ2v) is 4.21. The number of hydrogen-bond acceptors (Lipinski definition) is 2. The molecule has 0 unspecified atom stereocenters. The number of rotatable bonds is 3. The van der Waals surface area contributed by atoms with Crippen LogP contribution in [0.3, 0.4) is 0 Å². The van der Waals surface area contributed by atoms with Crippen LogP contribution < -0.4 is 5.73 Å². The van der Waals surface area contributed by atoms with Crippen molar-refractivity contribution in [3.05, 3.63) is 34.3 Å². The van der Waals surface area contributed by atoms with E-state index in [-0.39, 0.29) is 10.6 Å². The number of halogens is 4. The lowest BCUT2D eigenvalue weighted by molar-refractivity contribution is -0.137. The zero-order valence-corrected chi connectivity index (χ0v) is 9.89. The van der Waals surface area contributed by atoms with Gasteiger partial charge in [0.15, 0.2) is 0 Å². The van der Waals surface area contributed by atoms with E-state index in [0.29, 0.717) is 6.42 Å². The minimum Gasteiger partial charge on any atom is -0.391 e. The number of benzene rings is 1. The van der Waals surface area contributed by atoms with E-state index in [1.807, 2.05) is 0 Å². The Hall–Kier alpha value is -0.780. The Labute approximate surface area is 102 Å². The highest BCUT2D eigenvalue weighted by Crippen LogP contribution is 2.33. The fourth-order valence-electron chi connectivity index (χ4n) is 1.44. The molecule has 0 saturated carbocycles. The van der Waals surface area contributed by atoms with Gasteiger partial charge in [-0.15, -0.1) is 0 Å². The van der Waals surface area contributed by atoms with E-state index >= 15 is 0 Å². The summed E-state index contributed by atoms with van der Waals surface area (Å²) in [4.78, 5) is 0. The zero-order valence-electron chi connectivity index (χ0n) is 9.13. The number of nitrogens with two attached hydrogens (primary N) is 1. The van der Waals surface area contributed by atoms with Crippen molar-refractivity contribution in [3.63, 3.8) is 0 Å². The monoisotopic (exact) mass is 267 g/mol. The molecule has 1 rings (SSSR count). The first-order valence-electron chi connectivity index (χ1n) is 5.07. The fourth-order valence-corrected chi connectivity index (χ4v) is 1.69. The summed E-state index contributed by atoms with van der Waals surface area (Å²) in [5, 5.41) is 9.47. The van der Waals surface area contributed by atoms with E-state index in [2.05, 4.69) is 0 Å². The molecule has 0 bridgehead atoms. The lowest BCUT2D eigenvalue weighted by Crippen LogP contribution is -2.25. The summed E-state index contributed by atoms with van der Waals surface area (Å²) in [6.07, 6.45) is -5.01. The van der Waals surface area contributed by atoms with Crippen molar-refractivity contribution in [1.82, 2.24) is 0 Å². The Morgan fingerprint density at radius 3 is 2.41 bits per heavy atom. The molecule has 0 aliphatic heterocycles. The van der Waals surface area contributed by atoms with E-state index in [0.717, 1.165) is 12.1 Å². The number of aliphatic hydroxyl groups excluding tert-OH is 1. The average Bonchev–Trinajstić information content (AvgIpc) is 2.25. The molecule has 0 heterocycles. The van der Waals surface area contributed by atoms with Gasteiger partial charge in [0.1, 0.15) is 0 Å². The second kappa shape index (κ2) is 5.25. The van der Waals surface area contributed by atoms with Crippen molar-refractivity contribution in [2.24, 2.45) is 5.73 Å². The third-order valence-corrected chi connectivity index (χ3v) is 2.68. The largest absolute Gasteiger partial charge is 0.416 e. The second-order valence-electron chi connectivity index (χ2n) is 3.77. The summed E-state index contributed by atoms with van der Waals surface area (Å²) in [7, 11) is 0. The molecule has 0 aliphatic rings. The Kier molecular flexibility index (Phi) is 4.41. The Bertz CT molecular complexity index is 395. The standard InChI is InChI=1S/C11H13ClF3NO/c1-2-9(17)10(16)6-3-7(11(13,14)15)5-8(12)4-6/h3-5,9-10,17H,2,16H2,1H3/t9-,10+/m0/s1. The van der Waals surface area contributed by atoms with Crippen LogP contribution in [0.15, 0.2) is 18.2 Å². The van der Waals surface area contributed by atoms with Crippen LogP contribution in [0.1, 0.15) is 30.5 Å². The minimum absolute atomic E-state index is 0.0476. The van der Waals surface area contributed by atoms with Gasteiger partial charge in [-0.25, -0.2) is 0 Å². The minimum atomic E-state index is -4.48. The summed E-state index contributed by atoms with van der Waals surface area (Å²) in [5.74, 6) is 0. The zero-order chi connectivity index (χ0) is 13.2. The maximum atomic E-state index is 12.5. The third kappa shape index (κ3) is 3.59. The molecule has 1 aromatic carbocycles. The quantitative estimate of drug-likeness (QED) is 0.884. The summed E-state index contributed by atoms with van der Waals surface area (Å²) in [6, 6.07) is 2.20. The van der Waals surface area contributed by atoms with Crippen molar-refractivity contribution >= 4 is 11.6 Å². The van der Waals surface area contributed by atoms with E-state index in [9.17, 15) is 18.3 Å². The van der Waals surface area contributed by atoms with E-state index in [1.54, 1.807) is 6.92 Å². The maximum absolute atomic E-state index is 12.5. The molecule has 0 aliphatic carbocycles.